The summed E-state index contributed by atoms with van der Waals surface area (Å²) in [5, 5.41) is 13.8. The van der Waals surface area contributed by atoms with Gasteiger partial charge in [-0.15, -0.1) is 0 Å². The Morgan fingerprint density at radius 3 is 2.45 bits per heavy atom. The molecule has 2 heterocycles. The molecule has 11 heteroatoms. The Morgan fingerprint density at radius 1 is 1.15 bits per heavy atom. The summed E-state index contributed by atoms with van der Waals surface area (Å²) in [6.07, 6.45) is 0. The molecule has 172 valence electrons. The van der Waals surface area contributed by atoms with Crippen molar-refractivity contribution >= 4 is 21.8 Å². The fourth-order valence-electron chi connectivity index (χ4n) is 3.51. The van der Waals surface area contributed by atoms with Gasteiger partial charge in [0.2, 0.25) is 5.69 Å². The fourth-order valence-corrected chi connectivity index (χ4v) is 3.87. The van der Waals surface area contributed by atoms with Crippen molar-refractivity contribution in [3.8, 4) is 22.9 Å². The first-order chi connectivity index (χ1) is 15.7. The summed E-state index contributed by atoms with van der Waals surface area (Å²) < 4.78 is 12.7. The number of phenolic OH excluding ortho intramolecular Hbond substituents is 1. The highest BCUT2D eigenvalue weighted by molar-refractivity contribution is 9.10. The number of hydrogen-bond donors (Lipinski definition) is 2. The Balaban J connectivity index is 1.70. The normalized spacial score (nSPS) is 13.7. The van der Waals surface area contributed by atoms with Gasteiger partial charge in [-0.25, -0.2) is 4.79 Å². The summed E-state index contributed by atoms with van der Waals surface area (Å²) in [6.45, 7) is 5.05. The summed E-state index contributed by atoms with van der Waals surface area (Å²) in [6, 6.07) is 8.13. The van der Waals surface area contributed by atoms with Crippen LogP contribution in [0.1, 0.15) is 21.6 Å². The molecule has 1 aliphatic heterocycles. The van der Waals surface area contributed by atoms with Crippen molar-refractivity contribution in [1.82, 2.24) is 19.7 Å². The van der Waals surface area contributed by atoms with Gasteiger partial charge in [-0.2, -0.15) is 9.78 Å². The minimum atomic E-state index is -0.834. The molecule has 0 saturated carbocycles. The third-order valence-corrected chi connectivity index (χ3v) is 5.79. The molecule has 0 radical (unpaired) electrons. The van der Waals surface area contributed by atoms with E-state index in [0.29, 0.717) is 59.1 Å². The van der Waals surface area contributed by atoms with Gasteiger partial charge < -0.3 is 19.5 Å². The van der Waals surface area contributed by atoms with Crippen LogP contribution in [0.4, 0.5) is 0 Å². The van der Waals surface area contributed by atoms with E-state index in [2.05, 4.69) is 26.0 Å². The summed E-state index contributed by atoms with van der Waals surface area (Å²) in [7, 11) is 0. The van der Waals surface area contributed by atoms with Crippen molar-refractivity contribution < 1.29 is 19.4 Å². The van der Waals surface area contributed by atoms with Crippen molar-refractivity contribution in [2.75, 3.05) is 26.3 Å². The number of phenols is 1. The van der Waals surface area contributed by atoms with E-state index in [1.807, 2.05) is 0 Å². The number of benzene rings is 2. The van der Waals surface area contributed by atoms with Crippen LogP contribution >= 0.6 is 15.9 Å². The van der Waals surface area contributed by atoms with E-state index in [0.717, 1.165) is 4.68 Å². The van der Waals surface area contributed by atoms with Crippen molar-refractivity contribution in [1.29, 1.82) is 0 Å². The number of aryl methyl sites for hydroxylation is 2. The molecule has 1 amide bonds. The number of hydrogen-bond acceptors (Lipinski definition) is 7. The zero-order chi connectivity index (χ0) is 23.7. The zero-order valence-electron chi connectivity index (χ0n) is 17.9. The second-order valence-corrected chi connectivity index (χ2v) is 8.40. The lowest BCUT2D eigenvalue weighted by atomic mass is 10.1. The number of ether oxygens (including phenoxy) is 2. The van der Waals surface area contributed by atoms with Gasteiger partial charge in [-0.3, -0.25) is 14.6 Å². The zero-order valence-corrected chi connectivity index (χ0v) is 19.5. The minimum absolute atomic E-state index is 0.0945. The number of halogens is 1. The highest BCUT2D eigenvalue weighted by Gasteiger charge is 2.24. The van der Waals surface area contributed by atoms with Crippen molar-refractivity contribution in [2.24, 2.45) is 0 Å². The molecule has 0 bridgehead atoms. The SMILES string of the molecule is Cc1cc(-n2nc(C(=O)N3CCOCC3)c(=O)[nH]c2=O)cc(C)c1Oc1ccc(O)c(Br)c1. The fraction of sp³-hybridized carbons (Fsp3) is 0.273. The van der Waals surface area contributed by atoms with E-state index in [9.17, 15) is 19.5 Å². The first kappa shape index (κ1) is 22.7. The Labute approximate surface area is 196 Å². The molecule has 1 saturated heterocycles. The molecular formula is C22H21BrN4O6. The molecule has 1 aliphatic rings. The molecule has 0 atom stereocenters. The first-order valence-electron chi connectivity index (χ1n) is 10.1. The molecule has 3 aromatic rings. The summed E-state index contributed by atoms with van der Waals surface area (Å²) >= 11 is 3.26. The van der Waals surface area contributed by atoms with Gasteiger partial charge in [0, 0.05) is 13.1 Å². The van der Waals surface area contributed by atoms with Gasteiger partial charge in [-0.05, 0) is 71.2 Å². The molecule has 2 N–H and O–H groups in total. The molecule has 2 aromatic carbocycles. The Bertz CT molecular complexity index is 1320. The Morgan fingerprint density at radius 2 is 1.82 bits per heavy atom. The summed E-state index contributed by atoms with van der Waals surface area (Å²) in [5.74, 6) is 0.617. The standard InChI is InChI=1S/C22H21BrN4O6/c1-12-9-14(10-13(2)19(12)33-15-3-4-17(28)16(23)11-15)27-22(31)24-20(29)18(25-27)21(30)26-5-7-32-8-6-26/h3-4,9-11,28H,5-8H2,1-2H3,(H,24,29,31). The van der Waals surface area contributed by atoms with Crippen LogP contribution in [-0.4, -0.2) is 57.0 Å². The largest absolute Gasteiger partial charge is 0.507 e. The van der Waals surface area contributed by atoms with E-state index in [1.54, 1.807) is 38.1 Å². The number of morpholine rings is 1. The number of carbonyl (C=O) groups excluding carboxylic acids is 1. The van der Waals surface area contributed by atoms with Crippen LogP contribution in [0.2, 0.25) is 0 Å². The van der Waals surface area contributed by atoms with Crippen LogP contribution in [0.15, 0.2) is 44.4 Å². The van der Waals surface area contributed by atoms with Crippen LogP contribution in [0.3, 0.4) is 0 Å². The number of aromatic hydroxyl groups is 1. The number of carbonyl (C=O) groups is 1. The van der Waals surface area contributed by atoms with E-state index in [-0.39, 0.29) is 11.4 Å². The van der Waals surface area contributed by atoms with Crippen LogP contribution in [-0.2, 0) is 4.74 Å². The monoisotopic (exact) mass is 516 g/mol. The van der Waals surface area contributed by atoms with Gasteiger partial charge in [0.05, 0.1) is 23.4 Å². The molecule has 1 aromatic heterocycles. The third kappa shape index (κ3) is 4.69. The van der Waals surface area contributed by atoms with E-state index >= 15 is 0 Å². The highest BCUT2D eigenvalue weighted by Crippen LogP contribution is 2.34. The van der Waals surface area contributed by atoms with Crippen LogP contribution in [0.25, 0.3) is 5.69 Å². The number of aromatic nitrogens is 3. The predicted octanol–water partition coefficient (Wildman–Crippen LogP) is 2.27. The topological polar surface area (TPSA) is 127 Å². The maximum atomic E-state index is 12.8. The molecule has 33 heavy (non-hydrogen) atoms. The third-order valence-electron chi connectivity index (χ3n) is 5.16. The highest BCUT2D eigenvalue weighted by atomic mass is 79.9. The second kappa shape index (κ2) is 9.20. The van der Waals surface area contributed by atoms with E-state index < -0.39 is 17.2 Å². The Hall–Kier alpha value is -3.44. The average Bonchev–Trinajstić information content (AvgIpc) is 2.79. The maximum absolute atomic E-state index is 12.8. The van der Waals surface area contributed by atoms with Crippen molar-refractivity contribution in [2.45, 2.75) is 13.8 Å². The molecular weight excluding hydrogens is 496 g/mol. The molecule has 4 rings (SSSR count). The number of aromatic amines is 1. The maximum Gasteiger partial charge on any atom is 0.349 e. The lowest BCUT2D eigenvalue weighted by Gasteiger charge is -2.26. The van der Waals surface area contributed by atoms with Gasteiger partial charge in [0.25, 0.3) is 11.5 Å². The lowest BCUT2D eigenvalue weighted by molar-refractivity contribution is 0.0296. The number of nitrogens with zero attached hydrogens (tertiary/aromatic N) is 3. The number of H-pyrrole nitrogens is 1. The van der Waals surface area contributed by atoms with Gasteiger partial charge in [0.15, 0.2) is 0 Å². The van der Waals surface area contributed by atoms with Crippen LogP contribution < -0.4 is 16.0 Å². The smallest absolute Gasteiger partial charge is 0.349 e. The van der Waals surface area contributed by atoms with Gasteiger partial charge in [0.1, 0.15) is 17.2 Å². The number of nitrogens with one attached hydrogen (secondary N) is 1. The van der Waals surface area contributed by atoms with Gasteiger partial charge >= 0.3 is 5.69 Å². The van der Waals surface area contributed by atoms with Crippen LogP contribution in [0.5, 0.6) is 17.2 Å². The number of rotatable bonds is 4. The molecule has 1 fully saturated rings. The summed E-state index contributed by atoms with van der Waals surface area (Å²) in [4.78, 5) is 41.2. The second-order valence-electron chi connectivity index (χ2n) is 7.55. The lowest BCUT2D eigenvalue weighted by Crippen LogP contribution is -2.45. The minimum Gasteiger partial charge on any atom is -0.507 e. The van der Waals surface area contributed by atoms with Crippen molar-refractivity contribution in [3.05, 3.63) is 72.5 Å². The molecule has 10 nitrogen and oxygen atoms in total. The predicted molar refractivity (Wildman–Crippen MR) is 123 cm³/mol. The molecule has 0 spiro atoms. The molecule has 0 aliphatic carbocycles. The average molecular weight is 517 g/mol. The molecule has 0 unspecified atom stereocenters. The van der Waals surface area contributed by atoms with Gasteiger partial charge in [-0.1, -0.05) is 0 Å². The quantitative estimate of drug-likeness (QED) is 0.544. The first-order valence-corrected chi connectivity index (χ1v) is 10.9. The summed E-state index contributed by atoms with van der Waals surface area (Å²) in [5.41, 5.74) is -0.166. The van der Waals surface area contributed by atoms with E-state index in [4.69, 9.17) is 9.47 Å². The van der Waals surface area contributed by atoms with Crippen molar-refractivity contribution in [3.63, 3.8) is 0 Å². The number of amides is 1. The van der Waals surface area contributed by atoms with Crippen LogP contribution in [0, 0.1) is 13.8 Å². The van der Waals surface area contributed by atoms with E-state index in [1.165, 1.54) is 11.0 Å². The Kier molecular flexibility index (Phi) is 6.34.